The number of nitrogens with one attached hydrogen (secondary N) is 1. The van der Waals surface area contributed by atoms with E-state index in [0.29, 0.717) is 5.75 Å². The van der Waals surface area contributed by atoms with Crippen LogP contribution in [0.2, 0.25) is 0 Å². The maximum atomic E-state index is 9.72. The first kappa shape index (κ1) is 15.7. The highest BCUT2D eigenvalue weighted by molar-refractivity contribution is 9.10. The molecule has 21 heavy (non-hydrogen) atoms. The van der Waals surface area contributed by atoms with Crippen LogP contribution in [-0.2, 0) is 0 Å². The molecule has 3 nitrogen and oxygen atoms in total. The van der Waals surface area contributed by atoms with Crippen LogP contribution in [0.4, 0.5) is 5.69 Å². The van der Waals surface area contributed by atoms with Crippen LogP contribution < -0.4 is 10.1 Å². The van der Waals surface area contributed by atoms with Crippen molar-refractivity contribution in [2.75, 3.05) is 12.4 Å². The molecule has 0 bridgehead atoms. The SMILES string of the molecule is COc1ccc(C(C)Nc2cc(C)c(O)cc2C)cc1Br. The van der Waals surface area contributed by atoms with Gasteiger partial charge in [-0.3, -0.25) is 0 Å². The zero-order valence-electron chi connectivity index (χ0n) is 12.7. The molecule has 4 heteroatoms. The Morgan fingerprint density at radius 1 is 1.14 bits per heavy atom. The number of ether oxygens (including phenoxy) is 1. The van der Waals surface area contributed by atoms with Crippen molar-refractivity contribution in [3.63, 3.8) is 0 Å². The smallest absolute Gasteiger partial charge is 0.133 e. The lowest BCUT2D eigenvalue weighted by Crippen LogP contribution is -2.08. The fourth-order valence-electron chi connectivity index (χ4n) is 2.23. The quantitative estimate of drug-likeness (QED) is 0.767. The topological polar surface area (TPSA) is 41.5 Å². The molecule has 2 aromatic rings. The third-order valence-corrected chi connectivity index (χ3v) is 4.21. The van der Waals surface area contributed by atoms with Gasteiger partial charge in [-0.2, -0.15) is 0 Å². The van der Waals surface area contributed by atoms with Gasteiger partial charge in [-0.15, -0.1) is 0 Å². The fraction of sp³-hybridized carbons (Fsp3) is 0.294. The van der Waals surface area contributed by atoms with Crippen molar-refractivity contribution in [2.24, 2.45) is 0 Å². The molecule has 1 atom stereocenters. The van der Waals surface area contributed by atoms with Gasteiger partial charge in [0.15, 0.2) is 0 Å². The molecule has 0 aliphatic carbocycles. The Morgan fingerprint density at radius 3 is 2.48 bits per heavy atom. The summed E-state index contributed by atoms with van der Waals surface area (Å²) in [4.78, 5) is 0. The van der Waals surface area contributed by atoms with E-state index in [2.05, 4.69) is 34.2 Å². The summed E-state index contributed by atoms with van der Waals surface area (Å²) in [7, 11) is 1.66. The van der Waals surface area contributed by atoms with Crippen LogP contribution >= 0.6 is 15.9 Å². The predicted octanol–water partition coefficient (Wildman–Crippen LogP) is 4.95. The molecule has 1 unspecified atom stereocenters. The van der Waals surface area contributed by atoms with Gasteiger partial charge in [0.05, 0.1) is 11.6 Å². The maximum Gasteiger partial charge on any atom is 0.133 e. The predicted molar refractivity (Wildman–Crippen MR) is 90.3 cm³/mol. The average molecular weight is 350 g/mol. The van der Waals surface area contributed by atoms with Gasteiger partial charge in [-0.05, 0) is 77.7 Å². The average Bonchev–Trinajstić information content (AvgIpc) is 2.44. The second kappa shape index (κ2) is 6.39. The van der Waals surface area contributed by atoms with Crippen molar-refractivity contribution >= 4 is 21.6 Å². The van der Waals surface area contributed by atoms with Crippen molar-refractivity contribution in [2.45, 2.75) is 26.8 Å². The minimum absolute atomic E-state index is 0.148. The highest BCUT2D eigenvalue weighted by Crippen LogP contribution is 2.31. The van der Waals surface area contributed by atoms with E-state index in [-0.39, 0.29) is 6.04 Å². The summed E-state index contributed by atoms with van der Waals surface area (Å²) in [6, 6.07) is 9.96. The number of rotatable bonds is 4. The lowest BCUT2D eigenvalue weighted by atomic mass is 10.1. The molecule has 112 valence electrons. The van der Waals surface area contributed by atoms with E-state index >= 15 is 0 Å². The van der Waals surface area contributed by atoms with Crippen LogP contribution in [0.3, 0.4) is 0 Å². The van der Waals surface area contributed by atoms with Gasteiger partial charge < -0.3 is 15.2 Å². The molecule has 0 fully saturated rings. The van der Waals surface area contributed by atoms with Crippen LogP contribution in [-0.4, -0.2) is 12.2 Å². The highest BCUT2D eigenvalue weighted by atomic mass is 79.9. The van der Waals surface area contributed by atoms with E-state index in [1.807, 2.05) is 32.0 Å². The lowest BCUT2D eigenvalue weighted by molar-refractivity contribution is 0.412. The molecule has 0 spiro atoms. The molecule has 0 saturated heterocycles. The van der Waals surface area contributed by atoms with Crippen LogP contribution in [0, 0.1) is 13.8 Å². The number of aromatic hydroxyl groups is 1. The van der Waals surface area contributed by atoms with E-state index in [9.17, 15) is 5.11 Å². The number of halogens is 1. The van der Waals surface area contributed by atoms with Gasteiger partial charge in [0, 0.05) is 11.7 Å². The molecule has 0 aromatic heterocycles. The molecule has 0 aliphatic heterocycles. The molecule has 2 aromatic carbocycles. The number of methoxy groups -OCH3 is 1. The number of phenols is 1. The fourth-order valence-corrected chi connectivity index (χ4v) is 2.78. The summed E-state index contributed by atoms with van der Waals surface area (Å²) in [5.41, 5.74) is 4.08. The summed E-state index contributed by atoms with van der Waals surface area (Å²) in [6.45, 7) is 5.99. The number of aryl methyl sites for hydroxylation is 2. The van der Waals surface area contributed by atoms with Gasteiger partial charge in [-0.25, -0.2) is 0 Å². The van der Waals surface area contributed by atoms with Crippen LogP contribution in [0.1, 0.15) is 29.7 Å². The standard InChI is InChI=1S/C17H20BrNO2/c1-10-8-16(20)11(2)7-15(10)19-12(3)13-5-6-17(21-4)14(18)9-13/h5-9,12,19-20H,1-4H3. The van der Waals surface area contributed by atoms with Gasteiger partial charge in [0.2, 0.25) is 0 Å². The van der Waals surface area contributed by atoms with Crippen molar-refractivity contribution < 1.29 is 9.84 Å². The van der Waals surface area contributed by atoms with Crippen molar-refractivity contribution in [3.05, 3.63) is 51.5 Å². The molecule has 0 aliphatic rings. The Hall–Kier alpha value is -1.68. The molecule has 0 radical (unpaired) electrons. The Balaban J connectivity index is 2.23. The van der Waals surface area contributed by atoms with Gasteiger partial charge in [-0.1, -0.05) is 6.07 Å². The number of hydrogen-bond acceptors (Lipinski definition) is 3. The number of phenolic OH excluding ortho intramolecular Hbond substituents is 1. The molecular formula is C17H20BrNO2. The Kier molecular flexibility index (Phi) is 4.78. The van der Waals surface area contributed by atoms with Gasteiger partial charge in [0.25, 0.3) is 0 Å². The third-order valence-electron chi connectivity index (χ3n) is 3.59. The maximum absolute atomic E-state index is 9.72. The molecule has 0 heterocycles. The lowest BCUT2D eigenvalue weighted by Gasteiger charge is -2.19. The van der Waals surface area contributed by atoms with E-state index < -0.39 is 0 Å². The normalized spacial score (nSPS) is 12.0. The number of benzene rings is 2. The van der Waals surface area contributed by atoms with Crippen molar-refractivity contribution in [3.8, 4) is 11.5 Å². The first-order valence-electron chi connectivity index (χ1n) is 6.82. The summed E-state index contributed by atoms with van der Waals surface area (Å²) in [6.07, 6.45) is 0. The van der Waals surface area contributed by atoms with Crippen LogP contribution in [0.15, 0.2) is 34.8 Å². The summed E-state index contributed by atoms with van der Waals surface area (Å²) < 4.78 is 6.19. The summed E-state index contributed by atoms with van der Waals surface area (Å²) in [5, 5.41) is 13.2. The number of anilines is 1. The molecular weight excluding hydrogens is 330 g/mol. The second-order valence-corrected chi connectivity index (χ2v) is 6.07. The molecule has 2 rings (SSSR count). The summed E-state index contributed by atoms with van der Waals surface area (Å²) in [5.74, 6) is 1.15. The summed E-state index contributed by atoms with van der Waals surface area (Å²) >= 11 is 3.51. The monoisotopic (exact) mass is 349 g/mol. The highest BCUT2D eigenvalue weighted by Gasteiger charge is 2.11. The molecule has 2 N–H and O–H groups in total. The third kappa shape index (κ3) is 3.50. The van der Waals surface area contributed by atoms with E-state index in [0.717, 1.165) is 32.6 Å². The van der Waals surface area contributed by atoms with Crippen LogP contribution in [0.5, 0.6) is 11.5 Å². The minimum Gasteiger partial charge on any atom is -0.508 e. The zero-order valence-corrected chi connectivity index (χ0v) is 14.3. The first-order chi connectivity index (χ1) is 9.92. The number of hydrogen-bond donors (Lipinski definition) is 2. The zero-order chi connectivity index (χ0) is 15.6. The van der Waals surface area contributed by atoms with Crippen molar-refractivity contribution in [1.29, 1.82) is 0 Å². The minimum atomic E-state index is 0.148. The van der Waals surface area contributed by atoms with Crippen molar-refractivity contribution in [1.82, 2.24) is 0 Å². The second-order valence-electron chi connectivity index (χ2n) is 5.21. The first-order valence-corrected chi connectivity index (χ1v) is 7.62. The van der Waals surface area contributed by atoms with E-state index in [1.165, 1.54) is 0 Å². The largest absolute Gasteiger partial charge is 0.508 e. The van der Waals surface area contributed by atoms with E-state index in [4.69, 9.17) is 4.74 Å². The van der Waals surface area contributed by atoms with E-state index in [1.54, 1.807) is 13.2 Å². The molecule has 0 saturated carbocycles. The Labute approximate surface area is 134 Å². The van der Waals surface area contributed by atoms with Gasteiger partial charge in [0.1, 0.15) is 11.5 Å². The Bertz CT molecular complexity index is 655. The Morgan fingerprint density at radius 2 is 1.86 bits per heavy atom. The van der Waals surface area contributed by atoms with Crippen LogP contribution in [0.25, 0.3) is 0 Å². The molecule has 0 amide bonds. The van der Waals surface area contributed by atoms with Gasteiger partial charge >= 0.3 is 0 Å².